The van der Waals surface area contributed by atoms with Crippen LogP contribution in [0.25, 0.3) is 0 Å². The summed E-state index contributed by atoms with van der Waals surface area (Å²) >= 11 is 0. The Balaban J connectivity index is 1.50. The zero-order valence-corrected chi connectivity index (χ0v) is 15.1. The van der Waals surface area contributed by atoms with Crippen LogP contribution in [0.2, 0.25) is 0 Å². The number of nitrogens with one attached hydrogen (secondary N) is 2. The van der Waals surface area contributed by atoms with Gasteiger partial charge in [-0.3, -0.25) is 4.79 Å². The topological polar surface area (TPSA) is 81.0 Å². The first-order chi connectivity index (χ1) is 12.7. The third-order valence-electron chi connectivity index (χ3n) is 4.38. The number of anilines is 2. The zero-order valence-electron chi connectivity index (χ0n) is 15.1. The number of ether oxygens (including phenoxy) is 2. The molecule has 1 saturated heterocycles. The number of quaternary nitrogens is 1. The predicted octanol–water partition coefficient (Wildman–Crippen LogP) is -0.163. The van der Waals surface area contributed by atoms with Gasteiger partial charge in [0.15, 0.2) is 18.0 Å². The SMILES string of the molecule is COc1ccc(NC(=O)C[NH+]2CCN(c3ncccn3)CC2)cc1OC. The smallest absolute Gasteiger partial charge is 0.279 e. The van der Waals surface area contributed by atoms with Crippen LogP contribution in [0.1, 0.15) is 0 Å². The number of carbonyl (C=O) groups is 1. The molecule has 2 aromatic rings. The normalized spacial score (nSPS) is 14.8. The van der Waals surface area contributed by atoms with Gasteiger partial charge in [-0.05, 0) is 18.2 Å². The number of piperazine rings is 1. The van der Waals surface area contributed by atoms with Crippen LogP contribution in [0.5, 0.6) is 11.5 Å². The minimum atomic E-state index is -0.0170. The Morgan fingerprint density at radius 3 is 2.50 bits per heavy atom. The average Bonchev–Trinajstić information content (AvgIpc) is 2.69. The van der Waals surface area contributed by atoms with E-state index in [0.717, 1.165) is 32.1 Å². The van der Waals surface area contributed by atoms with Gasteiger partial charge in [0.05, 0.1) is 40.4 Å². The second kappa shape index (κ2) is 8.48. The molecule has 0 radical (unpaired) electrons. The van der Waals surface area contributed by atoms with Crippen molar-refractivity contribution in [2.75, 3.05) is 57.2 Å². The van der Waals surface area contributed by atoms with Gasteiger partial charge in [0.2, 0.25) is 5.95 Å². The third kappa shape index (κ3) is 4.40. The Hall–Kier alpha value is -2.87. The van der Waals surface area contributed by atoms with Gasteiger partial charge in [-0.1, -0.05) is 0 Å². The fourth-order valence-corrected chi connectivity index (χ4v) is 3.00. The van der Waals surface area contributed by atoms with E-state index in [1.807, 2.05) is 6.07 Å². The highest BCUT2D eigenvalue weighted by molar-refractivity contribution is 5.91. The highest BCUT2D eigenvalue weighted by Crippen LogP contribution is 2.29. The molecule has 26 heavy (non-hydrogen) atoms. The molecule has 1 aliphatic rings. The van der Waals surface area contributed by atoms with Crippen LogP contribution < -0.4 is 24.6 Å². The minimum Gasteiger partial charge on any atom is -0.493 e. The Morgan fingerprint density at radius 2 is 1.85 bits per heavy atom. The summed E-state index contributed by atoms with van der Waals surface area (Å²) in [6.45, 7) is 3.85. The largest absolute Gasteiger partial charge is 0.493 e. The quantitative estimate of drug-likeness (QED) is 0.747. The molecule has 3 rings (SSSR count). The van der Waals surface area contributed by atoms with Crippen molar-refractivity contribution < 1.29 is 19.2 Å². The van der Waals surface area contributed by atoms with Crippen LogP contribution in [0, 0.1) is 0 Å². The van der Waals surface area contributed by atoms with Crippen LogP contribution in [0.4, 0.5) is 11.6 Å². The number of aromatic nitrogens is 2. The van der Waals surface area contributed by atoms with Crippen LogP contribution in [-0.4, -0.2) is 62.8 Å². The summed E-state index contributed by atoms with van der Waals surface area (Å²) in [7, 11) is 3.16. The Morgan fingerprint density at radius 1 is 1.15 bits per heavy atom. The number of methoxy groups -OCH3 is 2. The molecule has 1 fully saturated rings. The lowest BCUT2D eigenvalue weighted by atomic mass is 10.2. The first-order valence-corrected chi connectivity index (χ1v) is 8.57. The lowest BCUT2D eigenvalue weighted by Crippen LogP contribution is -3.15. The first kappa shape index (κ1) is 17.9. The first-order valence-electron chi connectivity index (χ1n) is 8.57. The van der Waals surface area contributed by atoms with Crippen molar-refractivity contribution in [3.63, 3.8) is 0 Å². The summed E-state index contributed by atoms with van der Waals surface area (Å²) in [4.78, 5) is 24.3. The van der Waals surface area contributed by atoms with Crippen molar-refractivity contribution in [3.05, 3.63) is 36.7 Å². The summed E-state index contributed by atoms with van der Waals surface area (Å²) < 4.78 is 10.5. The highest BCUT2D eigenvalue weighted by Gasteiger charge is 2.23. The van der Waals surface area contributed by atoms with Crippen LogP contribution >= 0.6 is 0 Å². The average molecular weight is 358 g/mol. The molecule has 0 bridgehead atoms. The molecule has 1 aromatic carbocycles. The lowest BCUT2D eigenvalue weighted by Gasteiger charge is -2.31. The summed E-state index contributed by atoms with van der Waals surface area (Å²) in [5.41, 5.74) is 0.698. The maximum Gasteiger partial charge on any atom is 0.279 e. The van der Waals surface area contributed by atoms with Gasteiger partial charge in [0, 0.05) is 24.1 Å². The van der Waals surface area contributed by atoms with Crippen LogP contribution in [0.3, 0.4) is 0 Å². The molecule has 1 aliphatic heterocycles. The van der Waals surface area contributed by atoms with Gasteiger partial charge in [0.1, 0.15) is 0 Å². The molecule has 8 heteroatoms. The molecule has 1 aromatic heterocycles. The van der Waals surface area contributed by atoms with Gasteiger partial charge >= 0.3 is 0 Å². The maximum atomic E-state index is 12.3. The van der Waals surface area contributed by atoms with Crippen molar-refractivity contribution in [1.29, 1.82) is 0 Å². The van der Waals surface area contributed by atoms with Crippen molar-refractivity contribution in [3.8, 4) is 11.5 Å². The van der Waals surface area contributed by atoms with Gasteiger partial charge in [0.25, 0.3) is 5.91 Å². The fourth-order valence-electron chi connectivity index (χ4n) is 3.00. The molecular formula is C18H24N5O3+. The summed E-state index contributed by atoms with van der Waals surface area (Å²) in [5.74, 6) is 1.96. The number of rotatable bonds is 6. The fraction of sp³-hybridized carbons (Fsp3) is 0.389. The Labute approximate surface area is 152 Å². The number of amides is 1. The van der Waals surface area contributed by atoms with Gasteiger partial charge < -0.3 is 24.6 Å². The van der Waals surface area contributed by atoms with Crippen molar-refractivity contribution >= 4 is 17.5 Å². The van der Waals surface area contributed by atoms with E-state index in [4.69, 9.17) is 9.47 Å². The summed E-state index contributed by atoms with van der Waals surface area (Å²) in [5, 5.41) is 2.92. The van der Waals surface area contributed by atoms with E-state index in [1.54, 1.807) is 44.8 Å². The van der Waals surface area contributed by atoms with E-state index < -0.39 is 0 Å². The van der Waals surface area contributed by atoms with E-state index in [-0.39, 0.29) is 5.91 Å². The van der Waals surface area contributed by atoms with E-state index in [0.29, 0.717) is 23.7 Å². The van der Waals surface area contributed by atoms with E-state index >= 15 is 0 Å². The predicted molar refractivity (Wildman–Crippen MR) is 98.0 cm³/mol. The number of carbonyl (C=O) groups excluding carboxylic acids is 1. The second-order valence-corrected chi connectivity index (χ2v) is 6.08. The van der Waals surface area contributed by atoms with Crippen molar-refractivity contribution in [1.82, 2.24) is 9.97 Å². The molecule has 2 heterocycles. The molecule has 0 spiro atoms. The maximum absolute atomic E-state index is 12.3. The summed E-state index contributed by atoms with van der Waals surface area (Å²) in [6.07, 6.45) is 3.50. The molecule has 0 unspecified atom stereocenters. The standard InChI is InChI=1S/C18H23N5O3/c1-25-15-5-4-14(12-16(15)26-2)21-17(24)13-22-8-10-23(11-9-22)18-19-6-3-7-20-18/h3-7,12H,8-11,13H2,1-2H3,(H,21,24)/p+1. The Bertz CT molecular complexity index is 733. The highest BCUT2D eigenvalue weighted by atomic mass is 16.5. The van der Waals surface area contributed by atoms with Gasteiger partial charge in [-0.25, -0.2) is 9.97 Å². The molecule has 0 saturated carbocycles. The molecule has 1 amide bonds. The molecule has 0 atom stereocenters. The zero-order chi connectivity index (χ0) is 18.4. The van der Waals surface area contributed by atoms with Gasteiger partial charge in [-0.2, -0.15) is 0 Å². The van der Waals surface area contributed by atoms with Crippen LogP contribution in [-0.2, 0) is 4.79 Å². The third-order valence-corrected chi connectivity index (χ3v) is 4.38. The lowest BCUT2D eigenvalue weighted by molar-refractivity contribution is -0.892. The Kier molecular flexibility index (Phi) is 5.85. The number of hydrogen-bond acceptors (Lipinski definition) is 6. The molecule has 138 valence electrons. The molecule has 2 N–H and O–H groups in total. The van der Waals surface area contributed by atoms with E-state index in [1.165, 1.54) is 4.90 Å². The second-order valence-electron chi connectivity index (χ2n) is 6.08. The molecule has 0 aliphatic carbocycles. The number of nitrogens with zero attached hydrogens (tertiary/aromatic N) is 3. The number of benzene rings is 1. The van der Waals surface area contributed by atoms with Crippen molar-refractivity contribution in [2.24, 2.45) is 0 Å². The van der Waals surface area contributed by atoms with E-state index in [2.05, 4.69) is 20.2 Å². The monoisotopic (exact) mass is 358 g/mol. The minimum absolute atomic E-state index is 0.0170. The molecule has 8 nitrogen and oxygen atoms in total. The number of hydrogen-bond donors (Lipinski definition) is 2. The van der Waals surface area contributed by atoms with E-state index in [9.17, 15) is 4.79 Å². The van der Waals surface area contributed by atoms with Crippen molar-refractivity contribution in [2.45, 2.75) is 0 Å². The molecular weight excluding hydrogens is 334 g/mol. The van der Waals surface area contributed by atoms with Gasteiger partial charge in [-0.15, -0.1) is 0 Å². The summed E-state index contributed by atoms with van der Waals surface area (Å²) in [6, 6.07) is 7.15. The van der Waals surface area contributed by atoms with Crippen LogP contribution in [0.15, 0.2) is 36.7 Å².